The van der Waals surface area contributed by atoms with Crippen molar-refractivity contribution in [2.24, 2.45) is 5.73 Å². The minimum atomic E-state index is -0.653. The molecule has 3 N–H and O–H groups in total. The van der Waals surface area contributed by atoms with Crippen LogP contribution in [0.1, 0.15) is 33.6 Å². The van der Waals surface area contributed by atoms with Gasteiger partial charge in [0.1, 0.15) is 5.54 Å². The molecular weight excluding hydrogens is 230 g/mol. The van der Waals surface area contributed by atoms with Gasteiger partial charge in [0, 0.05) is 26.2 Å². The summed E-state index contributed by atoms with van der Waals surface area (Å²) in [6.07, 6.45) is 2.21. The Balaban J connectivity index is 2.61. The highest BCUT2D eigenvalue weighted by molar-refractivity contribution is 5.84. The maximum Gasteiger partial charge on any atom is 0.238 e. The molecule has 2 atom stereocenters. The summed E-state index contributed by atoms with van der Waals surface area (Å²) in [5, 5.41) is 3.27. The summed E-state index contributed by atoms with van der Waals surface area (Å²) in [6, 6.07) is 0. The van der Waals surface area contributed by atoms with Gasteiger partial charge in [-0.1, -0.05) is 6.92 Å². The van der Waals surface area contributed by atoms with E-state index < -0.39 is 5.54 Å². The molecule has 0 aliphatic carbocycles. The number of nitrogens with one attached hydrogen (secondary N) is 1. The van der Waals surface area contributed by atoms with Crippen LogP contribution in [-0.2, 0) is 9.53 Å². The van der Waals surface area contributed by atoms with Crippen molar-refractivity contribution >= 4 is 5.91 Å². The van der Waals surface area contributed by atoms with Gasteiger partial charge in [-0.2, -0.15) is 0 Å². The van der Waals surface area contributed by atoms with E-state index in [1.165, 1.54) is 0 Å². The first kappa shape index (κ1) is 15.4. The molecule has 0 aromatic carbocycles. The van der Waals surface area contributed by atoms with Gasteiger partial charge in [0.15, 0.2) is 0 Å². The fourth-order valence-electron chi connectivity index (χ4n) is 2.29. The molecule has 0 bridgehead atoms. The number of hydrogen-bond acceptors (Lipinski definition) is 4. The van der Waals surface area contributed by atoms with E-state index >= 15 is 0 Å². The lowest BCUT2D eigenvalue weighted by Crippen LogP contribution is -2.60. The largest absolute Gasteiger partial charge is 0.377 e. The Morgan fingerprint density at radius 3 is 2.94 bits per heavy atom. The highest BCUT2D eigenvalue weighted by atomic mass is 16.5. The van der Waals surface area contributed by atoms with E-state index in [1.54, 1.807) is 0 Å². The number of amides is 1. The van der Waals surface area contributed by atoms with Crippen LogP contribution in [0, 0.1) is 0 Å². The molecule has 1 saturated heterocycles. The Kier molecular flexibility index (Phi) is 6.05. The van der Waals surface area contributed by atoms with Crippen LogP contribution in [-0.4, -0.2) is 55.2 Å². The van der Waals surface area contributed by atoms with Gasteiger partial charge in [-0.15, -0.1) is 0 Å². The van der Waals surface area contributed by atoms with Gasteiger partial charge >= 0.3 is 0 Å². The highest BCUT2D eigenvalue weighted by Gasteiger charge is 2.33. The van der Waals surface area contributed by atoms with E-state index in [0.717, 1.165) is 39.1 Å². The highest BCUT2D eigenvalue weighted by Crippen LogP contribution is 2.11. The van der Waals surface area contributed by atoms with Crippen molar-refractivity contribution in [2.45, 2.75) is 45.3 Å². The van der Waals surface area contributed by atoms with Crippen molar-refractivity contribution in [1.29, 1.82) is 0 Å². The van der Waals surface area contributed by atoms with Crippen molar-refractivity contribution < 1.29 is 9.53 Å². The predicted molar refractivity (Wildman–Crippen MR) is 72.4 cm³/mol. The van der Waals surface area contributed by atoms with Gasteiger partial charge in [0.2, 0.25) is 5.91 Å². The first-order chi connectivity index (χ1) is 8.48. The van der Waals surface area contributed by atoms with Gasteiger partial charge in [0.05, 0.1) is 6.10 Å². The summed E-state index contributed by atoms with van der Waals surface area (Å²) in [5.41, 5.74) is 4.89. The second-order valence-electron chi connectivity index (χ2n) is 5.39. The standard InChI is InChI=1S/C13H27N3O2/c1-4-6-15-13(3,12(14)17)10-16-7-5-8-18-11(2)9-16/h11,15H,4-10H2,1-3H3,(H2,14,17). The zero-order chi connectivity index (χ0) is 13.6. The summed E-state index contributed by atoms with van der Waals surface area (Å²) in [7, 11) is 0. The lowest BCUT2D eigenvalue weighted by Gasteiger charge is -2.34. The molecular formula is C13H27N3O2. The maximum absolute atomic E-state index is 11.7. The quantitative estimate of drug-likeness (QED) is 0.720. The van der Waals surface area contributed by atoms with E-state index in [0.29, 0.717) is 6.54 Å². The monoisotopic (exact) mass is 257 g/mol. The van der Waals surface area contributed by atoms with Crippen molar-refractivity contribution in [3.05, 3.63) is 0 Å². The number of rotatable bonds is 6. The van der Waals surface area contributed by atoms with E-state index in [2.05, 4.69) is 24.1 Å². The number of hydrogen-bond donors (Lipinski definition) is 2. The van der Waals surface area contributed by atoms with E-state index in [-0.39, 0.29) is 12.0 Å². The average molecular weight is 257 g/mol. The lowest BCUT2D eigenvalue weighted by molar-refractivity contribution is -0.124. The van der Waals surface area contributed by atoms with E-state index in [4.69, 9.17) is 10.5 Å². The molecule has 1 amide bonds. The number of nitrogens with two attached hydrogens (primary N) is 1. The molecule has 106 valence electrons. The SMILES string of the molecule is CCCNC(C)(CN1CCCOC(C)C1)C(N)=O. The van der Waals surface area contributed by atoms with Gasteiger partial charge < -0.3 is 15.8 Å². The topological polar surface area (TPSA) is 67.6 Å². The molecule has 1 rings (SSSR count). The van der Waals surface area contributed by atoms with Crippen LogP contribution in [0.15, 0.2) is 0 Å². The smallest absolute Gasteiger partial charge is 0.238 e. The van der Waals surface area contributed by atoms with Gasteiger partial charge in [-0.25, -0.2) is 0 Å². The minimum absolute atomic E-state index is 0.218. The molecule has 0 saturated carbocycles. The molecule has 1 fully saturated rings. The van der Waals surface area contributed by atoms with E-state index in [9.17, 15) is 4.79 Å². The molecule has 1 aliphatic heterocycles. The van der Waals surface area contributed by atoms with Crippen molar-refractivity contribution in [1.82, 2.24) is 10.2 Å². The second kappa shape index (κ2) is 7.07. The summed E-state index contributed by atoms with van der Waals surface area (Å²) in [6.45, 7) is 10.1. The van der Waals surface area contributed by atoms with Crippen molar-refractivity contribution in [3.8, 4) is 0 Å². The molecule has 0 radical (unpaired) electrons. The fourth-order valence-corrected chi connectivity index (χ4v) is 2.29. The summed E-state index contributed by atoms with van der Waals surface area (Å²) >= 11 is 0. The molecule has 18 heavy (non-hydrogen) atoms. The third-order valence-corrected chi connectivity index (χ3v) is 3.39. The fraction of sp³-hybridized carbons (Fsp3) is 0.923. The molecule has 2 unspecified atom stereocenters. The van der Waals surface area contributed by atoms with Gasteiger partial charge in [0.25, 0.3) is 0 Å². The van der Waals surface area contributed by atoms with Crippen LogP contribution >= 0.6 is 0 Å². The number of primary amides is 1. The van der Waals surface area contributed by atoms with Crippen LogP contribution in [0.4, 0.5) is 0 Å². The Bertz CT molecular complexity index is 273. The Labute approximate surface area is 110 Å². The summed E-state index contributed by atoms with van der Waals surface area (Å²) in [5.74, 6) is -0.284. The molecule has 1 heterocycles. The lowest BCUT2D eigenvalue weighted by atomic mass is 10.00. The third-order valence-electron chi connectivity index (χ3n) is 3.39. The van der Waals surface area contributed by atoms with Crippen molar-refractivity contribution in [3.63, 3.8) is 0 Å². The molecule has 5 heteroatoms. The van der Waals surface area contributed by atoms with Crippen LogP contribution in [0.25, 0.3) is 0 Å². The number of carbonyl (C=O) groups is 1. The van der Waals surface area contributed by atoms with Gasteiger partial charge in [-0.3, -0.25) is 9.69 Å². The first-order valence-electron chi connectivity index (χ1n) is 6.87. The summed E-state index contributed by atoms with van der Waals surface area (Å²) < 4.78 is 5.61. The van der Waals surface area contributed by atoms with Gasteiger partial charge in [-0.05, 0) is 33.2 Å². The van der Waals surface area contributed by atoms with Crippen LogP contribution in [0.5, 0.6) is 0 Å². The van der Waals surface area contributed by atoms with Crippen LogP contribution in [0.2, 0.25) is 0 Å². The first-order valence-corrected chi connectivity index (χ1v) is 6.87. The predicted octanol–water partition coefficient (Wildman–Crippen LogP) is 0.341. The zero-order valence-corrected chi connectivity index (χ0v) is 11.9. The third kappa shape index (κ3) is 4.55. The summed E-state index contributed by atoms with van der Waals surface area (Å²) in [4.78, 5) is 13.9. The van der Waals surface area contributed by atoms with Crippen LogP contribution in [0.3, 0.4) is 0 Å². The number of nitrogens with zero attached hydrogens (tertiary/aromatic N) is 1. The molecule has 1 aliphatic rings. The Hall–Kier alpha value is -0.650. The number of ether oxygens (including phenoxy) is 1. The molecule has 0 spiro atoms. The minimum Gasteiger partial charge on any atom is -0.377 e. The van der Waals surface area contributed by atoms with E-state index in [1.807, 2.05) is 6.92 Å². The second-order valence-corrected chi connectivity index (χ2v) is 5.39. The Morgan fingerprint density at radius 1 is 1.61 bits per heavy atom. The normalized spacial score (nSPS) is 25.4. The Morgan fingerprint density at radius 2 is 2.33 bits per heavy atom. The maximum atomic E-state index is 11.7. The molecule has 0 aromatic rings. The number of carbonyl (C=O) groups excluding carboxylic acids is 1. The zero-order valence-electron chi connectivity index (χ0n) is 11.9. The molecule has 5 nitrogen and oxygen atoms in total. The molecule has 0 aromatic heterocycles. The average Bonchev–Trinajstić information content (AvgIpc) is 2.50. The van der Waals surface area contributed by atoms with Crippen LogP contribution < -0.4 is 11.1 Å². The van der Waals surface area contributed by atoms with Crippen molar-refractivity contribution in [2.75, 3.05) is 32.8 Å².